The van der Waals surface area contributed by atoms with Gasteiger partial charge in [0.25, 0.3) is 0 Å². The lowest BCUT2D eigenvalue weighted by Crippen LogP contribution is -1.92. The quantitative estimate of drug-likeness (QED) is 0.634. The summed E-state index contributed by atoms with van der Waals surface area (Å²) >= 11 is 1.56. The molecular formula is C6H12OS2. The smallest absolute Gasteiger partial charge is 0.0670 e. The molecule has 0 aromatic carbocycles. The van der Waals surface area contributed by atoms with Crippen LogP contribution in [0.25, 0.3) is 0 Å². The van der Waals surface area contributed by atoms with Crippen LogP contribution >= 0.6 is 11.8 Å². The summed E-state index contributed by atoms with van der Waals surface area (Å²) in [6, 6.07) is 0. The monoisotopic (exact) mass is 164 g/mol. The van der Waals surface area contributed by atoms with Gasteiger partial charge < -0.3 is 0 Å². The molecule has 3 heteroatoms. The fraction of sp³-hybridized carbons (Fsp3) is 0.667. The Balaban J connectivity index is 3.97. The molecule has 0 aliphatic carbocycles. The molecule has 0 aromatic rings. The minimum Gasteiger partial charge on any atom is -0.254 e. The highest BCUT2D eigenvalue weighted by Crippen LogP contribution is 2.15. The Morgan fingerprint density at radius 2 is 2.33 bits per heavy atom. The third-order valence-electron chi connectivity index (χ3n) is 0.923. The van der Waals surface area contributed by atoms with Gasteiger partial charge in [-0.25, -0.2) is 0 Å². The van der Waals surface area contributed by atoms with Crippen molar-refractivity contribution >= 4 is 22.6 Å². The fourth-order valence-electron chi connectivity index (χ4n) is 0.485. The van der Waals surface area contributed by atoms with E-state index in [0.717, 1.165) is 9.99 Å². The Morgan fingerprint density at radius 3 is 2.44 bits per heavy atom. The van der Waals surface area contributed by atoms with E-state index in [9.17, 15) is 4.21 Å². The minimum atomic E-state index is -0.741. The Kier molecular flexibility index (Phi) is 5.19. The van der Waals surface area contributed by atoms with Crippen molar-refractivity contribution in [3.8, 4) is 0 Å². The molecule has 0 heterocycles. The number of thioether (sulfide) groups is 1. The van der Waals surface area contributed by atoms with Gasteiger partial charge in [-0.2, -0.15) is 0 Å². The summed E-state index contributed by atoms with van der Waals surface area (Å²) in [6.07, 6.45) is 3.85. The molecular weight excluding hydrogens is 152 g/mol. The Labute approximate surface area is 63.4 Å². The Bertz CT molecular complexity index is 129. The second-order valence-corrected chi connectivity index (χ2v) is 4.26. The summed E-state index contributed by atoms with van der Waals surface area (Å²) in [4.78, 5) is 0. The average Bonchev–Trinajstić information content (AvgIpc) is 1.90. The van der Waals surface area contributed by atoms with Crippen LogP contribution in [-0.4, -0.2) is 16.2 Å². The summed E-state index contributed by atoms with van der Waals surface area (Å²) in [5.74, 6) is 0.723. The first-order valence-electron chi connectivity index (χ1n) is 2.84. The molecule has 0 amide bonds. The highest BCUT2D eigenvalue weighted by atomic mass is 32.2. The minimum absolute atomic E-state index is 0.723. The maximum atomic E-state index is 11.0. The van der Waals surface area contributed by atoms with Crippen LogP contribution in [0.4, 0.5) is 0 Å². The first-order valence-corrected chi connectivity index (χ1v) is 5.39. The zero-order chi connectivity index (χ0) is 7.28. The van der Waals surface area contributed by atoms with E-state index < -0.39 is 10.8 Å². The molecule has 0 aromatic heterocycles. The zero-order valence-corrected chi connectivity index (χ0v) is 7.64. The van der Waals surface area contributed by atoms with E-state index in [1.807, 2.05) is 26.2 Å². The van der Waals surface area contributed by atoms with Crippen molar-refractivity contribution in [2.24, 2.45) is 0 Å². The summed E-state index contributed by atoms with van der Waals surface area (Å²) < 4.78 is 12.0. The summed E-state index contributed by atoms with van der Waals surface area (Å²) in [6.45, 7) is 3.84. The predicted molar refractivity (Wildman–Crippen MR) is 46.0 cm³/mol. The molecule has 1 unspecified atom stereocenters. The van der Waals surface area contributed by atoms with Crippen LogP contribution in [0.3, 0.4) is 0 Å². The van der Waals surface area contributed by atoms with Gasteiger partial charge in [-0.05, 0) is 13.2 Å². The largest absolute Gasteiger partial charge is 0.254 e. The molecule has 0 N–H and O–H groups in total. The first-order chi connectivity index (χ1) is 4.26. The lowest BCUT2D eigenvalue weighted by molar-refractivity contribution is 0.688. The van der Waals surface area contributed by atoms with Crippen molar-refractivity contribution < 1.29 is 4.21 Å². The normalized spacial score (nSPS) is 15.7. The molecule has 1 atom stereocenters. The molecule has 0 aliphatic heterocycles. The van der Waals surface area contributed by atoms with Crippen LogP contribution in [0.5, 0.6) is 0 Å². The molecule has 0 fully saturated rings. The maximum Gasteiger partial charge on any atom is 0.0670 e. The van der Waals surface area contributed by atoms with Gasteiger partial charge in [0.1, 0.15) is 0 Å². The van der Waals surface area contributed by atoms with Crippen molar-refractivity contribution in [1.82, 2.24) is 0 Å². The van der Waals surface area contributed by atoms with Gasteiger partial charge in [-0.3, -0.25) is 4.21 Å². The standard InChI is InChI=1S/C6H12OS2/c1-4-6(8-3)9(7)5-2/h4H,5H2,1-3H3/b6-4+. The van der Waals surface area contributed by atoms with Crippen LogP contribution in [0, 0.1) is 0 Å². The number of rotatable bonds is 3. The molecule has 0 rings (SSSR count). The van der Waals surface area contributed by atoms with Crippen molar-refractivity contribution in [3.05, 3.63) is 10.3 Å². The SMILES string of the molecule is C/C=C(\SC)S(=O)CC. The first kappa shape index (κ1) is 9.24. The third kappa shape index (κ3) is 3.06. The summed E-state index contributed by atoms with van der Waals surface area (Å²) in [5, 5.41) is 0. The van der Waals surface area contributed by atoms with Crippen molar-refractivity contribution in [1.29, 1.82) is 0 Å². The Morgan fingerprint density at radius 1 is 1.78 bits per heavy atom. The van der Waals surface area contributed by atoms with Gasteiger partial charge in [0.05, 0.1) is 15.0 Å². The topological polar surface area (TPSA) is 17.1 Å². The van der Waals surface area contributed by atoms with Gasteiger partial charge in [0.15, 0.2) is 0 Å². The molecule has 0 spiro atoms. The van der Waals surface area contributed by atoms with E-state index in [1.54, 1.807) is 11.8 Å². The van der Waals surface area contributed by atoms with E-state index >= 15 is 0 Å². The lowest BCUT2D eigenvalue weighted by atomic mass is 10.8. The molecule has 0 radical (unpaired) electrons. The van der Waals surface area contributed by atoms with Crippen molar-refractivity contribution in [2.45, 2.75) is 13.8 Å². The van der Waals surface area contributed by atoms with Crippen LogP contribution in [0.1, 0.15) is 13.8 Å². The molecule has 0 bridgehead atoms. The summed E-state index contributed by atoms with van der Waals surface area (Å²) in [5.41, 5.74) is 0. The number of hydrogen-bond acceptors (Lipinski definition) is 2. The van der Waals surface area contributed by atoms with Crippen LogP contribution in [-0.2, 0) is 10.8 Å². The van der Waals surface area contributed by atoms with Gasteiger partial charge in [0, 0.05) is 5.75 Å². The number of allylic oxidation sites excluding steroid dienone is 1. The van der Waals surface area contributed by atoms with E-state index in [0.29, 0.717) is 0 Å². The molecule has 0 saturated heterocycles. The van der Waals surface area contributed by atoms with Gasteiger partial charge >= 0.3 is 0 Å². The molecule has 9 heavy (non-hydrogen) atoms. The van der Waals surface area contributed by atoms with Crippen LogP contribution in [0.2, 0.25) is 0 Å². The van der Waals surface area contributed by atoms with E-state index in [1.165, 1.54) is 0 Å². The second kappa shape index (κ2) is 5.06. The van der Waals surface area contributed by atoms with Gasteiger partial charge in [-0.1, -0.05) is 13.0 Å². The molecule has 1 nitrogen and oxygen atoms in total. The maximum absolute atomic E-state index is 11.0. The van der Waals surface area contributed by atoms with E-state index in [-0.39, 0.29) is 0 Å². The number of hydrogen-bond donors (Lipinski definition) is 0. The third-order valence-corrected chi connectivity index (χ3v) is 3.83. The van der Waals surface area contributed by atoms with Crippen LogP contribution < -0.4 is 0 Å². The van der Waals surface area contributed by atoms with Gasteiger partial charge in [-0.15, -0.1) is 11.8 Å². The van der Waals surface area contributed by atoms with Crippen molar-refractivity contribution in [2.75, 3.05) is 12.0 Å². The summed E-state index contributed by atoms with van der Waals surface area (Å²) in [7, 11) is -0.741. The molecule has 0 saturated carbocycles. The van der Waals surface area contributed by atoms with E-state index in [2.05, 4.69) is 0 Å². The fourth-order valence-corrected chi connectivity index (χ4v) is 2.36. The predicted octanol–water partition coefficient (Wildman–Crippen LogP) is 1.98. The van der Waals surface area contributed by atoms with E-state index in [4.69, 9.17) is 0 Å². The highest BCUT2D eigenvalue weighted by Gasteiger charge is 1.99. The second-order valence-electron chi connectivity index (χ2n) is 1.45. The van der Waals surface area contributed by atoms with Gasteiger partial charge in [0.2, 0.25) is 0 Å². The molecule has 54 valence electrons. The highest BCUT2D eigenvalue weighted by molar-refractivity contribution is 8.16. The zero-order valence-electron chi connectivity index (χ0n) is 6.01. The lowest BCUT2D eigenvalue weighted by Gasteiger charge is -1.97. The van der Waals surface area contributed by atoms with Crippen molar-refractivity contribution in [3.63, 3.8) is 0 Å². The van der Waals surface area contributed by atoms with Crippen LogP contribution in [0.15, 0.2) is 10.3 Å². The Hall–Kier alpha value is 0.240. The average molecular weight is 164 g/mol. The molecule has 0 aliphatic rings.